The molecule has 1 aliphatic rings. The summed E-state index contributed by atoms with van der Waals surface area (Å²) in [7, 11) is 1.29. The molecule has 3 atom stereocenters. The molecule has 1 fully saturated rings. The van der Waals surface area contributed by atoms with E-state index >= 15 is 0 Å². The predicted octanol–water partition coefficient (Wildman–Crippen LogP) is 0.308. The van der Waals surface area contributed by atoms with Crippen LogP contribution in [-0.2, 0) is 19.0 Å². The van der Waals surface area contributed by atoms with Gasteiger partial charge in [0, 0.05) is 0 Å². The number of rotatable bonds is 3. The Labute approximate surface area is 89.3 Å². The van der Waals surface area contributed by atoms with Crippen LogP contribution in [0.25, 0.3) is 0 Å². The average Bonchev–Trinajstić information content (AvgIpc) is 2.45. The second-order valence-corrected chi connectivity index (χ2v) is 4.16. The number of hydrogen-bond donors (Lipinski definition) is 1. The van der Waals surface area contributed by atoms with Gasteiger partial charge in [0.05, 0.1) is 19.8 Å². The summed E-state index contributed by atoms with van der Waals surface area (Å²) in [5.74, 6) is -1.88. The van der Waals surface area contributed by atoms with E-state index in [0.717, 1.165) is 0 Å². The zero-order valence-corrected chi connectivity index (χ0v) is 9.52. The van der Waals surface area contributed by atoms with Crippen molar-refractivity contribution in [3.63, 3.8) is 0 Å². The van der Waals surface area contributed by atoms with Crippen molar-refractivity contribution in [3.8, 4) is 0 Å². The number of carbonyl (C=O) groups is 1. The zero-order valence-electron chi connectivity index (χ0n) is 9.52. The number of methoxy groups -OCH3 is 1. The molecule has 15 heavy (non-hydrogen) atoms. The van der Waals surface area contributed by atoms with Crippen LogP contribution in [0.5, 0.6) is 0 Å². The van der Waals surface area contributed by atoms with Crippen molar-refractivity contribution in [2.45, 2.75) is 38.8 Å². The third-order valence-corrected chi connectivity index (χ3v) is 2.42. The molecule has 1 rings (SSSR count). The molecule has 0 bridgehead atoms. The van der Waals surface area contributed by atoms with Crippen LogP contribution in [0.1, 0.15) is 20.8 Å². The molecule has 0 aromatic heterocycles. The molecule has 0 radical (unpaired) electrons. The number of hydrogen-bond acceptors (Lipinski definition) is 5. The van der Waals surface area contributed by atoms with E-state index in [4.69, 9.17) is 9.47 Å². The highest BCUT2D eigenvalue weighted by molar-refractivity contribution is 5.73. The fraction of sp³-hybridized carbons (Fsp3) is 0.900. The van der Waals surface area contributed by atoms with Gasteiger partial charge in [0.1, 0.15) is 12.0 Å². The van der Waals surface area contributed by atoms with Crippen LogP contribution in [0.15, 0.2) is 0 Å². The number of aliphatic hydroxyl groups is 1. The summed E-state index contributed by atoms with van der Waals surface area (Å²) < 4.78 is 15.5. The summed E-state index contributed by atoms with van der Waals surface area (Å²) in [4.78, 5) is 11.4. The van der Waals surface area contributed by atoms with Crippen LogP contribution >= 0.6 is 0 Å². The second kappa shape index (κ2) is 4.47. The van der Waals surface area contributed by atoms with Crippen LogP contribution in [0.4, 0.5) is 0 Å². The predicted molar refractivity (Wildman–Crippen MR) is 52.1 cm³/mol. The van der Waals surface area contributed by atoms with Gasteiger partial charge in [0.25, 0.3) is 0 Å². The molecule has 3 unspecified atom stereocenters. The molecule has 5 nitrogen and oxygen atoms in total. The molecule has 0 saturated carbocycles. The van der Waals surface area contributed by atoms with E-state index in [1.807, 2.05) is 0 Å². The van der Waals surface area contributed by atoms with Crippen LogP contribution in [0.2, 0.25) is 0 Å². The Morgan fingerprint density at radius 3 is 2.53 bits per heavy atom. The third kappa shape index (κ3) is 2.90. The van der Waals surface area contributed by atoms with Crippen molar-refractivity contribution in [2.24, 2.45) is 5.92 Å². The van der Waals surface area contributed by atoms with E-state index in [1.54, 1.807) is 13.8 Å². The fourth-order valence-electron chi connectivity index (χ4n) is 1.69. The Kier molecular flexibility index (Phi) is 3.70. The summed E-state index contributed by atoms with van der Waals surface area (Å²) >= 11 is 0. The van der Waals surface area contributed by atoms with Crippen LogP contribution in [0, 0.1) is 5.92 Å². The number of carbonyl (C=O) groups excluding carboxylic acids is 1. The average molecular weight is 218 g/mol. The monoisotopic (exact) mass is 218 g/mol. The van der Waals surface area contributed by atoms with Gasteiger partial charge < -0.3 is 19.3 Å². The molecule has 0 spiro atoms. The third-order valence-electron chi connectivity index (χ3n) is 2.42. The summed E-state index contributed by atoms with van der Waals surface area (Å²) in [5.41, 5.74) is 0. The highest BCUT2D eigenvalue weighted by atomic mass is 16.7. The lowest BCUT2D eigenvalue weighted by Crippen LogP contribution is -2.39. The maximum Gasteiger partial charge on any atom is 0.314 e. The molecule has 1 aliphatic heterocycles. The minimum Gasteiger partial charge on any atom is -0.469 e. The van der Waals surface area contributed by atoms with Crippen molar-refractivity contribution in [1.82, 2.24) is 0 Å². The molecule has 1 saturated heterocycles. The van der Waals surface area contributed by atoms with Crippen LogP contribution in [0.3, 0.4) is 0 Å². The van der Waals surface area contributed by atoms with Crippen molar-refractivity contribution in [2.75, 3.05) is 13.7 Å². The Balaban J connectivity index is 2.70. The zero-order chi connectivity index (χ0) is 11.6. The summed E-state index contributed by atoms with van der Waals surface area (Å²) in [5, 5.41) is 9.51. The first-order valence-corrected chi connectivity index (χ1v) is 4.95. The molecule has 88 valence electrons. The molecule has 1 N–H and O–H groups in total. The highest BCUT2D eigenvalue weighted by Gasteiger charge is 2.43. The highest BCUT2D eigenvalue weighted by Crippen LogP contribution is 2.28. The van der Waals surface area contributed by atoms with E-state index in [0.29, 0.717) is 0 Å². The molecule has 5 heteroatoms. The standard InChI is InChI=1S/C10H18O5/c1-6(11)8(9(12)13-4)7-5-14-10(2,3)15-7/h6-8,11H,5H2,1-4H3. The summed E-state index contributed by atoms with van der Waals surface area (Å²) in [6, 6.07) is 0. The van der Waals surface area contributed by atoms with Crippen LogP contribution < -0.4 is 0 Å². The van der Waals surface area contributed by atoms with Gasteiger partial charge >= 0.3 is 5.97 Å². The Bertz CT molecular complexity index is 236. The molecule has 1 heterocycles. The van der Waals surface area contributed by atoms with Gasteiger partial charge in [0.15, 0.2) is 5.79 Å². The van der Waals surface area contributed by atoms with Crippen molar-refractivity contribution in [3.05, 3.63) is 0 Å². The van der Waals surface area contributed by atoms with E-state index in [1.165, 1.54) is 14.0 Å². The second-order valence-electron chi connectivity index (χ2n) is 4.16. The van der Waals surface area contributed by atoms with E-state index < -0.39 is 29.9 Å². The van der Waals surface area contributed by atoms with E-state index in [2.05, 4.69) is 4.74 Å². The summed E-state index contributed by atoms with van der Waals surface area (Å²) in [6.07, 6.45) is -1.27. The fourth-order valence-corrected chi connectivity index (χ4v) is 1.69. The lowest BCUT2D eigenvalue weighted by atomic mass is 9.97. The van der Waals surface area contributed by atoms with Crippen molar-refractivity contribution < 1.29 is 24.1 Å². The van der Waals surface area contributed by atoms with Crippen molar-refractivity contribution in [1.29, 1.82) is 0 Å². The van der Waals surface area contributed by atoms with E-state index in [-0.39, 0.29) is 6.61 Å². The maximum absolute atomic E-state index is 11.4. The topological polar surface area (TPSA) is 65.0 Å². The quantitative estimate of drug-likeness (QED) is 0.690. The largest absolute Gasteiger partial charge is 0.469 e. The SMILES string of the molecule is COC(=O)C(C(C)O)C1COC(C)(C)O1. The van der Waals surface area contributed by atoms with Crippen molar-refractivity contribution >= 4 is 5.97 Å². The Morgan fingerprint density at radius 2 is 2.20 bits per heavy atom. The minimum absolute atomic E-state index is 0.289. The first kappa shape index (κ1) is 12.4. The maximum atomic E-state index is 11.4. The normalized spacial score (nSPS) is 28.5. The number of ether oxygens (including phenoxy) is 3. The van der Waals surface area contributed by atoms with Gasteiger partial charge in [-0.2, -0.15) is 0 Å². The van der Waals surface area contributed by atoms with Gasteiger partial charge in [-0.3, -0.25) is 4.79 Å². The molecule has 0 aromatic rings. The van der Waals surface area contributed by atoms with Gasteiger partial charge in [0.2, 0.25) is 0 Å². The molecular weight excluding hydrogens is 200 g/mol. The molecule has 0 aliphatic carbocycles. The first-order chi connectivity index (χ1) is 6.87. The lowest BCUT2D eigenvalue weighted by molar-refractivity contribution is -0.168. The Morgan fingerprint density at radius 1 is 1.60 bits per heavy atom. The van der Waals surface area contributed by atoms with Gasteiger partial charge in [-0.25, -0.2) is 0 Å². The first-order valence-electron chi connectivity index (χ1n) is 4.95. The van der Waals surface area contributed by atoms with Gasteiger partial charge in [-0.15, -0.1) is 0 Å². The number of esters is 1. The molecule has 0 aromatic carbocycles. The molecule has 0 amide bonds. The molecular formula is C10H18O5. The summed E-state index contributed by atoms with van der Waals surface area (Å²) in [6.45, 7) is 5.36. The Hall–Kier alpha value is -0.650. The van der Waals surface area contributed by atoms with Crippen LogP contribution in [-0.4, -0.2) is 42.8 Å². The lowest BCUT2D eigenvalue weighted by Gasteiger charge is -2.24. The van der Waals surface area contributed by atoms with Gasteiger partial charge in [-0.05, 0) is 20.8 Å². The van der Waals surface area contributed by atoms with Gasteiger partial charge in [-0.1, -0.05) is 0 Å². The smallest absolute Gasteiger partial charge is 0.314 e. The van der Waals surface area contributed by atoms with E-state index in [9.17, 15) is 9.90 Å². The minimum atomic E-state index is -0.819. The number of aliphatic hydroxyl groups excluding tert-OH is 1.